The van der Waals surface area contributed by atoms with E-state index in [1.165, 1.54) is 70.6 Å². The van der Waals surface area contributed by atoms with Gasteiger partial charge in [0.1, 0.15) is 25.4 Å². The largest absolute Gasteiger partial charge is 0.472 e. The fraction of sp³-hybridized carbons (Fsp3) is 0.667. The summed E-state index contributed by atoms with van der Waals surface area (Å²) in [5, 5.41) is 20.7. The molecule has 0 rings (SSSR count). The maximum absolute atomic E-state index is 13.0. The fourth-order valence-corrected chi connectivity index (χ4v) is 12.2. The lowest BCUT2D eigenvalue weighted by Crippen LogP contribution is -2.30. The van der Waals surface area contributed by atoms with Gasteiger partial charge in [0.05, 0.1) is 26.4 Å². The lowest BCUT2D eigenvalue weighted by molar-refractivity contribution is -0.161. The molecule has 0 aromatic carbocycles. The average molecular weight is 1510 g/mol. The number of carbonyl (C=O) groups excluding carboxylic acids is 3. The van der Waals surface area contributed by atoms with Crippen LogP contribution in [0, 0.1) is 0 Å². The molecule has 0 aliphatic rings. The predicted molar refractivity (Wildman–Crippen MR) is 435 cm³/mol. The predicted octanol–water partition coefficient (Wildman–Crippen LogP) is 24.2. The first-order valence-electron chi connectivity index (χ1n) is 40.8. The highest BCUT2D eigenvalue weighted by Crippen LogP contribution is 2.45. The third-order valence-electron chi connectivity index (χ3n) is 16.7. The van der Waals surface area contributed by atoms with E-state index in [0.717, 1.165) is 186 Å². The Morgan fingerprint density at radius 2 is 0.505 bits per heavy atom. The van der Waals surface area contributed by atoms with Gasteiger partial charge in [-0.1, -0.05) is 307 Å². The van der Waals surface area contributed by atoms with E-state index in [0.29, 0.717) is 19.3 Å². The molecule has 0 aromatic heterocycles. The monoisotopic (exact) mass is 1510 g/mol. The second-order valence-electron chi connectivity index (χ2n) is 26.8. The maximum Gasteiger partial charge on any atom is 0.472 e. The van der Waals surface area contributed by atoms with E-state index < -0.39 is 91.5 Å². The van der Waals surface area contributed by atoms with Crippen LogP contribution in [-0.4, -0.2) is 95.9 Å². The Kier molecular flexibility index (Phi) is 75.1. The van der Waals surface area contributed by atoms with Crippen molar-refractivity contribution in [2.75, 3.05) is 39.6 Å². The molecule has 0 aliphatic carbocycles. The van der Waals surface area contributed by atoms with Crippen LogP contribution in [0.3, 0.4) is 0 Å². The van der Waals surface area contributed by atoms with Crippen LogP contribution in [0.15, 0.2) is 158 Å². The zero-order valence-corrected chi connectivity index (χ0v) is 67.4. The van der Waals surface area contributed by atoms with Gasteiger partial charge >= 0.3 is 33.6 Å². The molecule has 0 bridgehead atoms. The van der Waals surface area contributed by atoms with Crippen LogP contribution in [0.2, 0.25) is 0 Å². The van der Waals surface area contributed by atoms with E-state index in [1.807, 2.05) is 0 Å². The fourth-order valence-electron chi connectivity index (χ4n) is 10.6. The van der Waals surface area contributed by atoms with Crippen molar-refractivity contribution in [3.8, 4) is 0 Å². The van der Waals surface area contributed by atoms with Crippen molar-refractivity contribution in [3.05, 3.63) is 158 Å². The molecule has 5 atom stereocenters. The highest BCUT2D eigenvalue weighted by Gasteiger charge is 2.29. The van der Waals surface area contributed by atoms with Gasteiger partial charge in [-0.25, -0.2) is 9.13 Å². The Balaban J connectivity index is 4.57. The first-order valence-corrected chi connectivity index (χ1v) is 43.8. The Bertz CT molecular complexity index is 2540. The Hall–Kier alpha value is -4.83. The molecular weight excluding hydrogens is 1360 g/mol. The number of phosphoric acid groups is 2. The van der Waals surface area contributed by atoms with Crippen molar-refractivity contribution in [1.82, 2.24) is 0 Å². The Morgan fingerprint density at radius 3 is 0.800 bits per heavy atom. The van der Waals surface area contributed by atoms with Gasteiger partial charge < -0.3 is 34.2 Å². The molecule has 0 spiro atoms. The Labute approximate surface area is 638 Å². The molecule has 5 unspecified atom stereocenters. The third kappa shape index (κ3) is 80.0. The SMILES string of the molecule is CC/C=C\C/C=C\C/C=C\C/C=C\C/C=C\C/C=C\CCCCCCCCCCCCCCC(=O)OCC(O)COP(=O)(O)OCC(O)COP(=O)(O)OCC(COC(=O)CCCCCCCC/C=C\C/C=C\C/C=C\C/C=C\CC)OC(=O)CCCCCCCC/C=C\C/C=C\C/C=C\CCCCC. The smallest absolute Gasteiger partial charge is 0.463 e. The summed E-state index contributed by atoms with van der Waals surface area (Å²) in [7, 11) is -9.81. The van der Waals surface area contributed by atoms with Gasteiger partial charge in [0.15, 0.2) is 6.10 Å². The number of hydrogen-bond donors (Lipinski definition) is 4. The number of esters is 3. The molecule has 0 fully saturated rings. The molecule has 0 saturated heterocycles. The molecule has 16 nitrogen and oxygen atoms in total. The summed E-state index contributed by atoms with van der Waals surface area (Å²) in [5.74, 6) is -1.61. The molecule has 600 valence electrons. The second kappa shape index (κ2) is 78.7. The van der Waals surface area contributed by atoms with Crippen molar-refractivity contribution in [2.45, 2.75) is 334 Å². The van der Waals surface area contributed by atoms with E-state index in [2.05, 4.69) is 179 Å². The van der Waals surface area contributed by atoms with Crippen LogP contribution >= 0.6 is 15.6 Å². The van der Waals surface area contributed by atoms with Gasteiger partial charge in [0.2, 0.25) is 0 Å². The van der Waals surface area contributed by atoms with Gasteiger partial charge in [-0.3, -0.25) is 32.5 Å². The molecule has 105 heavy (non-hydrogen) atoms. The summed E-state index contributed by atoms with van der Waals surface area (Å²) in [6.45, 7) is 2.40. The van der Waals surface area contributed by atoms with Gasteiger partial charge in [-0.15, -0.1) is 0 Å². The zero-order chi connectivity index (χ0) is 76.6. The highest BCUT2D eigenvalue weighted by molar-refractivity contribution is 7.47. The van der Waals surface area contributed by atoms with E-state index in [-0.39, 0.29) is 19.3 Å². The van der Waals surface area contributed by atoms with Gasteiger partial charge in [-0.05, 0) is 148 Å². The first-order chi connectivity index (χ1) is 51.2. The minimum absolute atomic E-state index is 0.0827. The van der Waals surface area contributed by atoms with Crippen LogP contribution in [0.4, 0.5) is 0 Å². The molecule has 0 amide bonds. The van der Waals surface area contributed by atoms with Gasteiger partial charge in [0.25, 0.3) is 0 Å². The van der Waals surface area contributed by atoms with E-state index in [4.69, 9.17) is 32.3 Å². The summed E-state index contributed by atoms with van der Waals surface area (Å²) < 4.78 is 61.2. The van der Waals surface area contributed by atoms with E-state index >= 15 is 0 Å². The number of aliphatic hydroxyl groups excluding tert-OH is 2. The number of unbranched alkanes of at least 4 members (excludes halogenated alkanes) is 27. The molecule has 0 saturated carbocycles. The van der Waals surface area contributed by atoms with Crippen LogP contribution in [-0.2, 0) is 55.8 Å². The van der Waals surface area contributed by atoms with Gasteiger partial charge in [0, 0.05) is 19.3 Å². The number of ether oxygens (including phenoxy) is 3. The summed E-state index contributed by atoms with van der Waals surface area (Å²) in [6, 6.07) is 0. The molecule has 0 heterocycles. The first kappa shape index (κ1) is 100. The lowest BCUT2D eigenvalue weighted by Gasteiger charge is -2.21. The summed E-state index contributed by atoms with van der Waals surface area (Å²) >= 11 is 0. The number of hydrogen-bond acceptors (Lipinski definition) is 14. The molecular formula is C87H146O16P2. The number of phosphoric ester groups is 2. The van der Waals surface area contributed by atoms with Crippen molar-refractivity contribution >= 4 is 33.6 Å². The number of aliphatic hydroxyl groups is 2. The summed E-state index contributed by atoms with van der Waals surface area (Å²) in [4.78, 5) is 58.7. The molecule has 0 aliphatic heterocycles. The quantitative estimate of drug-likeness (QED) is 0.0146. The number of rotatable bonds is 76. The standard InChI is InChI=1S/C87H146O16P2/c1-4-7-10-13-16-19-22-25-28-31-34-35-36-37-38-39-40-41-42-43-44-45-48-50-52-55-58-61-64-67-70-73-85(90)97-76-82(88)77-99-104(93,94)100-78-83(89)79-101-105(95,96)102-81-84(103-87(92)75-72-69-66-63-60-57-54-51-47-33-30-27-24-21-18-15-12-9-6-3)80-98-86(91)74-71-68-65-62-59-56-53-49-46-32-29-26-23-20-17-14-11-8-5-2/h7-8,10-11,16-21,25-30,34-35,37-38,40-41,46-47,49,51,82-84,88-89H,4-6,9,12-15,22-24,31-33,36,39,42-45,48,50,52-81H2,1-3H3,(H,93,94)(H,95,96)/b10-7-,11-8-,19-16-,20-17-,21-18-,28-25-,29-26-,30-27-,35-34-,38-37-,41-40-,49-46-,51-47-. The van der Waals surface area contributed by atoms with Crippen molar-refractivity contribution in [2.24, 2.45) is 0 Å². The molecule has 18 heteroatoms. The summed E-state index contributed by atoms with van der Waals surface area (Å²) in [6.07, 6.45) is 98.5. The van der Waals surface area contributed by atoms with E-state index in [1.54, 1.807) is 0 Å². The van der Waals surface area contributed by atoms with Crippen molar-refractivity contribution in [3.63, 3.8) is 0 Å². The lowest BCUT2D eigenvalue weighted by atomic mass is 10.0. The highest BCUT2D eigenvalue weighted by atomic mass is 31.2. The van der Waals surface area contributed by atoms with Gasteiger partial charge in [-0.2, -0.15) is 0 Å². The maximum atomic E-state index is 13.0. The van der Waals surface area contributed by atoms with Crippen LogP contribution in [0.1, 0.15) is 316 Å². The molecule has 0 radical (unpaired) electrons. The summed E-state index contributed by atoms with van der Waals surface area (Å²) in [5.41, 5.74) is 0. The van der Waals surface area contributed by atoms with Crippen LogP contribution in [0.25, 0.3) is 0 Å². The molecule has 4 N–H and O–H groups in total. The van der Waals surface area contributed by atoms with Crippen molar-refractivity contribution < 1.29 is 75.8 Å². The van der Waals surface area contributed by atoms with Crippen molar-refractivity contribution in [1.29, 1.82) is 0 Å². The Morgan fingerprint density at radius 1 is 0.276 bits per heavy atom. The van der Waals surface area contributed by atoms with E-state index in [9.17, 15) is 43.5 Å². The third-order valence-corrected chi connectivity index (χ3v) is 18.6. The average Bonchev–Trinajstić information content (AvgIpc) is 0.915. The van der Waals surface area contributed by atoms with Crippen LogP contribution in [0.5, 0.6) is 0 Å². The van der Waals surface area contributed by atoms with Crippen LogP contribution < -0.4 is 0 Å². The number of carbonyl (C=O) groups is 3. The molecule has 0 aromatic rings. The second-order valence-corrected chi connectivity index (χ2v) is 29.7. The minimum atomic E-state index is -4.94. The number of allylic oxidation sites excluding steroid dienone is 26. The minimum Gasteiger partial charge on any atom is -0.463 e. The normalized spacial score (nSPS) is 14.8. The topological polar surface area (TPSA) is 231 Å². The zero-order valence-electron chi connectivity index (χ0n) is 65.6.